The fourth-order valence-electron chi connectivity index (χ4n) is 3.41. The van der Waals surface area contributed by atoms with Crippen LogP contribution < -0.4 is 0 Å². The molecule has 0 saturated carbocycles. The third-order valence-corrected chi connectivity index (χ3v) is 7.94. The first-order valence-electron chi connectivity index (χ1n) is 10.9. The lowest BCUT2D eigenvalue weighted by atomic mass is 10.1. The van der Waals surface area contributed by atoms with Crippen LogP contribution in [0.5, 0.6) is 0 Å². The predicted octanol–water partition coefficient (Wildman–Crippen LogP) is 7.34. The van der Waals surface area contributed by atoms with Gasteiger partial charge in [-0.25, -0.2) is 8.42 Å². The highest BCUT2D eigenvalue weighted by Crippen LogP contribution is 2.27. The molecule has 4 rings (SSSR count). The van der Waals surface area contributed by atoms with Gasteiger partial charge in [-0.3, -0.25) is 4.99 Å². The molecule has 0 fully saturated rings. The van der Waals surface area contributed by atoms with Crippen molar-refractivity contribution in [3.8, 4) is 0 Å². The molecule has 0 aliphatic heterocycles. The highest BCUT2D eigenvalue weighted by atomic mass is 35.5. The second-order valence-electron chi connectivity index (χ2n) is 8.23. The molecule has 1 aromatic heterocycles. The van der Waals surface area contributed by atoms with Crippen LogP contribution in [0.1, 0.15) is 28.2 Å². The van der Waals surface area contributed by atoms with E-state index in [0.717, 1.165) is 16.7 Å². The van der Waals surface area contributed by atoms with Gasteiger partial charge in [0, 0.05) is 6.54 Å². The number of halogens is 2. The summed E-state index contributed by atoms with van der Waals surface area (Å²) in [6.45, 7) is 4.20. The summed E-state index contributed by atoms with van der Waals surface area (Å²) in [6, 6.07) is 23.2. The summed E-state index contributed by atoms with van der Waals surface area (Å²) in [4.78, 5) is 4.60. The predicted molar refractivity (Wildman–Crippen MR) is 141 cm³/mol. The molecule has 0 aliphatic rings. The monoisotopic (exact) mass is 526 g/mol. The Bertz CT molecular complexity index is 1440. The van der Waals surface area contributed by atoms with Crippen molar-refractivity contribution >= 4 is 45.1 Å². The van der Waals surface area contributed by atoms with E-state index in [1.807, 2.05) is 38.1 Å². The van der Waals surface area contributed by atoms with E-state index < -0.39 is 10.0 Å². The minimum Gasteiger partial charge on any atom is -0.459 e. The van der Waals surface area contributed by atoms with E-state index in [0.29, 0.717) is 27.3 Å². The number of aryl methyl sites for hydroxylation is 2. The third kappa shape index (κ3) is 6.41. The van der Waals surface area contributed by atoms with Crippen LogP contribution in [0.2, 0.25) is 10.0 Å². The Morgan fingerprint density at radius 2 is 1.49 bits per heavy atom. The molecule has 0 spiro atoms. The number of aliphatic imine (C=N–C) groups is 1. The number of sulfonamides is 1. The fourth-order valence-corrected chi connectivity index (χ4v) is 5.10. The van der Waals surface area contributed by atoms with Gasteiger partial charge in [0.15, 0.2) is 0 Å². The number of benzene rings is 3. The normalized spacial score (nSPS) is 12.0. The van der Waals surface area contributed by atoms with Crippen LogP contribution in [-0.4, -0.2) is 18.9 Å². The van der Waals surface area contributed by atoms with Crippen molar-refractivity contribution in [2.24, 2.45) is 4.99 Å². The molecule has 0 bridgehead atoms. The molecule has 35 heavy (non-hydrogen) atoms. The molecule has 0 amide bonds. The summed E-state index contributed by atoms with van der Waals surface area (Å²) in [5.41, 5.74) is 3.61. The number of rotatable bonds is 8. The van der Waals surface area contributed by atoms with Crippen LogP contribution in [0.25, 0.3) is 0 Å². The van der Waals surface area contributed by atoms with Crippen molar-refractivity contribution in [1.29, 1.82) is 0 Å². The van der Waals surface area contributed by atoms with Crippen LogP contribution in [-0.2, 0) is 23.1 Å². The van der Waals surface area contributed by atoms with Crippen LogP contribution >= 0.6 is 23.2 Å². The molecule has 0 N–H and O–H groups in total. The second-order valence-corrected chi connectivity index (χ2v) is 11.0. The maximum absolute atomic E-state index is 13.5. The molecule has 4 aromatic rings. The average molecular weight is 527 g/mol. The Balaban J connectivity index is 1.58. The van der Waals surface area contributed by atoms with Crippen molar-refractivity contribution in [3.63, 3.8) is 0 Å². The molecule has 3 aromatic carbocycles. The van der Waals surface area contributed by atoms with E-state index in [1.165, 1.54) is 4.31 Å². The van der Waals surface area contributed by atoms with Gasteiger partial charge >= 0.3 is 0 Å². The van der Waals surface area contributed by atoms with Crippen molar-refractivity contribution in [2.45, 2.75) is 31.8 Å². The minimum absolute atomic E-state index is 0.0741. The molecule has 0 atom stereocenters. The summed E-state index contributed by atoms with van der Waals surface area (Å²) in [6.07, 6.45) is 1.56. The largest absolute Gasteiger partial charge is 0.459 e. The van der Waals surface area contributed by atoms with Gasteiger partial charge in [-0.05, 0) is 61.9 Å². The van der Waals surface area contributed by atoms with Crippen molar-refractivity contribution in [3.05, 3.63) is 117 Å². The number of furan rings is 1. The van der Waals surface area contributed by atoms with Crippen LogP contribution in [0, 0.1) is 13.8 Å². The molecule has 0 radical (unpaired) electrons. The SMILES string of the molecule is Cc1ccc(CN(Cc2ccc(C=Nc3ccc(Cl)c(Cl)c3)o2)S(=O)(=O)c2ccc(C)cc2)cc1. The smallest absolute Gasteiger partial charge is 0.243 e. The first kappa shape index (κ1) is 25.2. The maximum atomic E-state index is 13.5. The topological polar surface area (TPSA) is 62.9 Å². The Kier molecular flexibility index (Phi) is 7.77. The van der Waals surface area contributed by atoms with E-state index >= 15 is 0 Å². The van der Waals surface area contributed by atoms with Gasteiger partial charge in [0.25, 0.3) is 0 Å². The summed E-state index contributed by atoms with van der Waals surface area (Å²) in [7, 11) is -3.77. The van der Waals surface area contributed by atoms with E-state index in [9.17, 15) is 8.42 Å². The lowest BCUT2D eigenvalue weighted by Crippen LogP contribution is -2.30. The molecule has 0 aliphatic carbocycles. The summed E-state index contributed by atoms with van der Waals surface area (Å²) < 4.78 is 34.4. The molecule has 1 heterocycles. The number of hydrogen-bond acceptors (Lipinski definition) is 4. The Morgan fingerprint density at radius 3 is 2.14 bits per heavy atom. The second kappa shape index (κ2) is 10.8. The minimum atomic E-state index is -3.77. The molecule has 180 valence electrons. The molecule has 8 heteroatoms. The molecule has 0 saturated heterocycles. The van der Waals surface area contributed by atoms with Gasteiger partial charge in [-0.1, -0.05) is 70.7 Å². The van der Waals surface area contributed by atoms with Crippen LogP contribution in [0.15, 0.2) is 93.2 Å². The highest BCUT2D eigenvalue weighted by molar-refractivity contribution is 7.89. The first-order valence-corrected chi connectivity index (χ1v) is 13.1. The standard InChI is InChI=1S/C27H24Cl2N2O3S/c1-19-3-7-21(8-4-19)17-31(35(32,33)25-12-5-20(2)6-13-25)18-24-11-10-23(34-24)16-30-22-9-14-26(28)27(29)15-22/h3-16H,17-18H2,1-2H3. The van der Waals surface area contributed by atoms with Crippen molar-refractivity contribution in [2.75, 3.05) is 0 Å². The lowest BCUT2D eigenvalue weighted by molar-refractivity contribution is 0.357. The zero-order valence-corrected chi connectivity index (χ0v) is 21.6. The summed E-state index contributed by atoms with van der Waals surface area (Å²) in [5, 5.41) is 0.865. The van der Waals surface area contributed by atoms with E-state index in [4.69, 9.17) is 27.6 Å². The van der Waals surface area contributed by atoms with Crippen molar-refractivity contribution < 1.29 is 12.8 Å². The van der Waals surface area contributed by atoms with E-state index in [1.54, 1.807) is 60.8 Å². The van der Waals surface area contributed by atoms with Gasteiger partial charge in [-0.15, -0.1) is 0 Å². The maximum Gasteiger partial charge on any atom is 0.243 e. The Hall–Kier alpha value is -2.90. The van der Waals surface area contributed by atoms with E-state index in [2.05, 4.69) is 4.99 Å². The highest BCUT2D eigenvalue weighted by Gasteiger charge is 2.26. The third-order valence-electron chi connectivity index (χ3n) is 5.40. The zero-order valence-electron chi connectivity index (χ0n) is 19.3. The quantitative estimate of drug-likeness (QED) is 0.225. The Morgan fingerprint density at radius 1 is 0.829 bits per heavy atom. The van der Waals surface area contributed by atoms with Gasteiger partial charge in [0.1, 0.15) is 11.5 Å². The molecular formula is C27H24Cl2N2O3S. The van der Waals surface area contributed by atoms with Gasteiger partial charge in [0.2, 0.25) is 10.0 Å². The molecule has 5 nitrogen and oxygen atoms in total. The van der Waals surface area contributed by atoms with E-state index in [-0.39, 0.29) is 18.0 Å². The number of nitrogens with zero attached hydrogens (tertiary/aromatic N) is 2. The lowest BCUT2D eigenvalue weighted by Gasteiger charge is -2.21. The van der Waals surface area contributed by atoms with Gasteiger partial charge in [-0.2, -0.15) is 4.31 Å². The van der Waals surface area contributed by atoms with Gasteiger partial charge < -0.3 is 4.42 Å². The zero-order chi connectivity index (χ0) is 25.0. The molecular weight excluding hydrogens is 503 g/mol. The first-order chi connectivity index (χ1) is 16.7. The summed E-state index contributed by atoms with van der Waals surface area (Å²) >= 11 is 12.0. The Labute approximate surface area is 215 Å². The van der Waals surface area contributed by atoms with Crippen LogP contribution in [0.4, 0.5) is 5.69 Å². The summed E-state index contributed by atoms with van der Waals surface area (Å²) in [5.74, 6) is 0.998. The molecule has 0 unspecified atom stereocenters. The fraction of sp³-hybridized carbons (Fsp3) is 0.148. The number of hydrogen-bond donors (Lipinski definition) is 0. The van der Waals surface area contributed by atoms with Gasteiger partial charge in [0.05, 0.1) is 33.4 Å². The van der Waals surface area contributed by atoms with Crippen molar-refractivity contribution in [1.82, 2.24) is 4.31 Å². The average Bonchev–Trinajstić information content (AvgIpc) is 3.28. The van der Waals surface area contributed by atoms with Crippen LogP contribution in [0.3, 0.4) is 0 Å².